The predicted molar refractivity (Wildman–Crippen MR) is 87.8 cm³/mol. The van der Waals surface area contributed by atoms with Crippen LogP contribution in [0.5, 0.6) is 11.5 Å². The zero-order valence-corrected chi connectivity index (χ0v) is 13.4. The van der Waals surface area contributed by atoms with Gasteiger partial charge in [0.1, 0.15) is 12.7 Å². The maximum Gasteiger partial charge on any atom is 0.251 e. The van der Waals surface area contributed by atoms with Crippen molar-refractivity contribution in [2.75, 3.05) is 13.2 Å². The molecular formula is C16H14INO3. The molecule has 1 aliphatic rings. The number of hydrogen-bond donors (Lipinski definition) is 1. The van der Waals surface area contributed by atoms with Gasteiger partial charge in [0.15, 0.2) is 11.5 Å². The lowest BCUT2D eigenvalue weighted by atomic mass is 10.2. The molecule has 0 radical (unpaired) electrons. The zero-order chi connectivity index (χ0) is 14.7. The van der Waals surface area contributed by atoms with Crippen molar-refractivity contribution in [1.29, 1.82) is 0 Å². The molecule has 0 spiro atoms. The van der Waals surface area contributed by atoms with Crippen molar-refractivity contribution in [3.8, 4) is 11.5 Å². The van der Waals surface area contributed by atoms with Crippen LogP contribution in [0.1, 0.15) is 10.4 Å². The number of carbonyl (C=O) groups excluding carboxylic acids is 1. The first-order chi connectivity index (χ1) is 10.2. The Bertz CT molecular complexity index is 659. The standard InChI is InChI=1S/C16H14INO3/c17-12-5-3-4-11(8-12)16(19)18-9-13-10-20-14-6-1-2-7-15(14)21-13/h1-8,13H,9-10H2,(H,18,19)/t13-/m1/s1. The summed E-state index contributed by atoms with van der Waals surface area (Å²) in [6, 6.07) is 15.0. The van der Waals surface area contributed by atoms with Crippen LogP contribution in [0.15, 0.2) is 48.5 Å². The maximum absolute atomic E-state index is 12.1. The van der Waals surface area contributed by atoms with Crippen LogP contribution in [-0.4, -0.2) is 25.2 Å². The Labute approximate surface area is 136 Å². The fourth-order valence-electron chi connectivity index (χ4n) is 2.10. The van der Waals surface area contributed by atoms with E-state index in [-0.39, 0.29) is 12.0 Å². The van der Waals surface area contributed by atoms with Crippen LogP contribution < -0.4 is 14.8 Å². The lowest BCUT2D eigenvalue weighted by molar-refractivity contribution is 0.0789. The summed E-state index contributed by atoms with van der Waals surface area (Å²) >= 11 is 2.19. The molecule has 0 aromatic heterocycles. The lowest BCUT2D eigenvalue weighted by Gasteiger charge is -2.26. The van der Waals surface area contributed by atoms with E-state index in [1.54, 1.807) is 6.07 Å². The molecule has 5 heteroatoms. The van der Waals surface area contributed by atoms with Crippen molar-refractivity contribution in [2.24, 2.45) is 0 Å². The second-order valence-electron chi connectivity index (χ2n) is 4.72. The Morgan fingerprint density at radius 1 is 1.19 bits per heavy atom. The van der Waals surface area contributed by atoms with Crippen LogP contribution in [0.4, 0.5) is 0 Å². The van der Waals surface area contributed by atoms with E-state index in [4.69, 9.17) is 9.47 Å². The Kier molecular flexibility index (Phi) is 4.28. The molecule has 0 saturated heterocycles. The van der Waals surface area contributed by atoms with E-state index < -0.39 is 0 Å². The number of amides is 1. The predicted octanol–water partition coefficient (Wildman–Crippen LogP) is 2.86. The van der Waals surface area contributed by atoms with Gasteiger partial charge in [-0.25, -0.2) is 0 Å². The molecule has 1 heterocycles. The summed E-state index contributed by atoms with van der Waals surface area (Å²) in [5.41, 5.74) is 0.652. The lowest BCUT2D eigenvalue weighted by Crippen LogP contribution is -2.40. The SMILES string of the molecule is O=C(NC[C@@H]1COc2ccccc2O1)c1cccc(I)c1. The molecule has 2 aromatic rings. The molecule has 0 bridgehead atoms. The minimum atomic E-state index is -0.174. The molecule has 0 aliphatic carbocycles. The summed E-state index contributed by atoms with van der Waals surface area (Å²) < 4.78 is 12.5. The smallest absolute Gasteiger partial charge is 0.251 e. The monoisotopic (exact) mass is 395 g/mol. The Balaban J connectivity index is 1.58. The number of ether oxygens (including phenoxy) is 2. The number of carbonyl (C=O) groups is 1. The van der Waals surface area contributed by atoms with Gasteiger partial charge in [0, 0.05) is 9.13 Å². The first-order valence-electron chi connectivity index (χ1n) is 6.64. The molecule has 0 saturated carbocycles. The molecule has 21 heavy (non-hydrogen) atoms. The highest BCUT2D eigenvalue weighted by molar-refractivity contribution is 14.1. The molecule has 1 aliphatic heterocycles. The van der Waals surface area contributed by atoms with Gasteiger partial charge in [0.05, 0.1) is 6.54 Å². The van der Waals surface area contributed by atoms with E-state index in [1.165, 1.54) is 0 Å². The Morgan fingerprint density at radius 2 is 2.00 bits per heavy atom. The molecule has 0 fully saturated rings. The average molecular weight is 395 g/mol. The number of fused-ring (bicyclic) bond motifs is 1. The summed E-state index contributed by atoms with van der Waals surface area (Å²) in [5, 5.41) is 2.88. The third kappa shape index (κ3) is 3.47. The second-order valence-corrected chi connectivity index (χ2v) is 5.96. The minimum absolute atomic E-state index is 0.101. The number of halogens is 1. The third-order valence-electron chi connectivity index (χ3n) is 3.14. The first kappa shape index (κ1) is 14.2. The first-order valence-corrected chi connectivity index (χ1v) is 7.72. The van der Waals surface area contributed by atoms with Crippen LogP contribution in [0, 0.1) is 3.57 Å². The molecule has 4 nitrogen and oxygen atoms in total. The van der Waals surface area contributed by atoms with Crippen LogP contribution >= 0.6 is 22.6 Å². The Hall–Kier alpha value is -1.76. The summed E-state index contributed by atoms with van der Waals surface area (Å²) in [6.45, 7) is 0.849. The fraction of sp³-hybridized carbons (Fsp3) is 0.188. The number of para-hydroxylation sites is 2. The van der Waals surface area contributed by atoms with Gasteiger partial charge < -0.3 is 14.8 Å². The second kappa shape index (κ2) is 6.34. The molecule has 3 rings (SSSR count). The topological polar surface area (TPSA) is 47.6 Å². The summed E-state index contributed by atoms with van der Waals surface area (Å²) in [5.74, 6) is 1.37. The van der Waals surface area contributed by atoms with E-state index >= 15 is 0 Å². The van der Waals surface area contributed by atoms with Gasteiger partial charge in [-0.2, -0.15) is 0 Å². The molecule has 1 amide bonds. The highest BCUT2D eigenvalue weighted by atomic mass is 127. The van der Waals surface area contributed by atoms with Crippen LogP contribution in [0.25, 0.3) is 0 Å². The van der Waals surface area contributed by atoms with Crippen molar-refractivity contribution in [3.05, 3.63) is 57.7 Å². The van der Waals surface area contributed by atoms with Crippen molar-refractivity contribution in [2.45, 2.75) is 6.10 Å². The normalized spacial score (nSPS) is 16.3. The van der Waals surface area contributed by atoms with Gasteiger partial charge in [-0.3, -0.25) is 4.79 Å². The van der Waals surface area contributed by atoms with Gasteiger partial charge >= 0.3 is 0 Å². The average Bonchev–Trinajstić information content (AvgIpc) is 2.52. The van der Waals surface area contributed by atoms with Crippen LogP contribution in [0.3, 0.4) is 0 Å². The number of benzene rings is 2. The highest BCUT2D eigenvalue weighted by Crippen LogP contribution is 2.30. The molecular weight excluding hydrogens is 381 g/mol. The summed E-state index contributed by atoms with van der Waals surface area (Å²) in [4.78, 5) is 12.1. The van der Waals surface area contributed by atoms with Gasteiger partial charge in [-0.1, -0.05) is 18.2 Å². The van der Waals surface area contributed by atoms with Gasteiger partial charge in [-0.05, 0) is 52.9 Å². The van der Waals surface area contributed by atoms with Gasteiger partial charge in [0.25, 0.3) is 5.91 Å². The van der Waals surface area contributed by atoms with E-state index in [9.17, 15) is 4.79 Å². The van der Waals surface area contributed by atoms with Crippen LogP contribution in [0.2, 0.25) is 0 Å². The zero-order valence-electron chi connectivity index (χ0n) is 11.2. The van der Waals surface area contributed by atoms with Gasteiger partial charge in [0.2, 0.25) is 0 Å². The number of rotatable bonds is 3. The Morgan fingerprint density at radius 3 is 2.81 bits per heavy atom. The van der Waals surface area contributed by atoms with E-state index in [0.717, 1.165) is 15.1 Å². The summed E-state index contributed by atoms with van der Waals surface area (Å²) in [6.07, 6.45) is -0.174. The molecule has 0 unspecified atom stereocenters. The van der Waals surface area contributed by atoms with Gasteiger partial charge in [-0.15, -0.1) is 0 Å². The molecule has 1 atom stereocenters. The molecule has 2 aromatic carbocycles. The molecule has 108 valence electrons. The van der Waals surface area contributed by atoms with Crippen LogP contribution in [-0.2, 0) is 0 Å². The largest absolute Gasteiger partial charge is 0.486 e. The highest BCUT2D eigenvalue weighted by Gasteiger charge is 2.21. The number of nitrogens with one attached hydrogen (secondary N) is 1. The minimum Gasteiger partial charge on any atom is -0.486 e. The quantitative estimate of drug-likeness (QED) is 0.814. The van der Waals surface area contributed by atoms with Crippen molar-refractivity contribution in [3.63, 3.8) is 0 Å². The molecule has 1 N–H and O–H groups in total. The summed E-state index contributed by atoms with van der Waals surface area (Å²) in [7, 11) is 0. The maximum atomic E-state index is 12.1. The van der Waals surface area contributed by atoms with E-state index in [0.29, 0.717) is 18.7 Å². The van der Waals surface area contributed by atoms with Crippen molar-refractivity contribution < 1.29 is 14.3 Å². The number of hydrogen-bond acceptors (Lipinski definition) is 3. The van der Waals surface area contributed by atoms with Crippen molar-refractivity contribution in [1.82, 2.24) is 5.32 Å². The fourth-order valence-corrected chi connectivity index (χ4v) is 2.65. The third-order valence-corrected chi connectivity index (χ3v) is 3.82. The van der Waals surface area contributed by atoms with E-state index in [1.807, 2.05) is 42.5 Å². The van der Waals surface area contributed by atoms with E-state index in [2.05, 4.69) is 27.9 Å². The van der Waals surface area contributed by atoms with Crippen molar-refractivity contribution >= 4 is 28.5 Å².